The molecule has 1 saturated carbocycles. The van der Waals surface area contributed by atoms with Crippen molar-refractivity contribution in [3.63, 3.8) is 0 Å². The van der Waals surface area contributed by atoms with Crippen LogP contribution >= 0.6 is 0 Å². The van der Waals surface area contributed by atoms with Crippen LogP contribution < -0.4 is 0 Å². The smallest absolute Gasteiger partial charge is 0.136 e. The van der Waals surface area contributed by atoms with E-state index >= 15 is 0 Å². The summed E-state index contributed by atoms with van der Waals surface area (Å²) >= 11 is 0. The normalized spacial score (nSPS) is 40.4. The van der Waals surface area contributed by atoms with Crippen molar-refractivity contribution in [3.05, 3.63) is 11.6 Å². The molecule has 0 aromatic carbocycles. The molecule has 0 spiro atoms. The summed E-state index contributed by atoms with van der Waals surface area (Å²) in [6, 6.07) is 0. The van der Waals surface area contributed by atoms with Gasteiger partial charge in [0.25, 0.3) is 0 Å². The molecule has 0 aliphatic heterocycles. The quantitative estimate of drug-likeness (QED) is 0.616. The first-order valence-electron chi connectivity index (χ1n) is 6.99. The third kappa shape index (κ3) is 1.98. The van der Waals surface area contributed by atoms with Gasteiger partial charge >= 0.3 is 0 Å². The van der Waals surface area contributed by atoms with Crippen molar-refractivity contribution in [2.24, 2.45) is 22.7 Å². The van der Waals surface area contributed by atoms with Crippen molar-refractivity contribution in [1.29, 1.82) is 0 Å². The summed E-state index contributed by atoms with van der Waals surface area (Å²) in [7, 11) is 0. The van der Waals surface area contributed by atoms with Crippen molar-refractivity contribution in [3.8, 4) is 0 Å². The van der Waals surface area contributed by atoms with Gasteiger partial charge in [-0.15, -0.1) is 0 Å². The van der Waals surface area contributed by atoms with E-state index in [1.807, 2.05) is 0 Å². The molecule has 1 nitrogen and oxygen atoms in total. The Balaban J connectivity index is 2.38. The van der Waals surface area contributed by atoms with Crippen LogP contribution in [0.5, 0.6) is 0 Å². The van der Waals surface area contributed by atoms with Crippen molar-refractivity contribution < 1.29 is 4.79 Å². The Kier molecular flexibility index (Phi) is 3.00. The minimum absolute atomic E-state index is 0.136. The summed E-state index contributed by atoms with van der Waals surface area (Å²) in [6.07, 6.45) is 7.35. The molecule has 3 atom stereocenters. The molecule has 96 valence electrons. The molecule has 2 aliphatic rings. The maximum Gasteiger partial charge on any atom is 0.136 e. The highest BCUT2D eigenvalue weighted by molar-refractivity contribution is 5.82. The number of fused-ring (bicyclic) bond motifs is 1. The predicted octanol–water partition coefficient (Wildman–Crippen LogP) is 4.37. The maximum atomic E-state index is 12.0. The predicted molar refractivity (Wildman–Crippen MR) is 71.8 cm³/mol. The molecule has 2 rings (SSSR count). The third-order valence-corrected chi connectivity index (χ3v) is 5.58. The Morgan fingerprint density at radius 3 is 2.59 bits per heavy atom. The first-order valence-corrected chi connectivity index (χ1v) is 6.99. The summed E-state index contributed by atoms with van der Waals surface area (Å²) in [6.45, 7) is 10.9. The van der Waals surface area contributed by atoms with Gasteiger partial charge in [0.1, 0.15) is 5.78 Å². The molecular formula is C16H26O. The van der Waals surface area contributed by atoms with Crippen LogP contribution in [0.4, 0.5) is 0 Å². The highest BCUT2D eigenvalue weighted by atomic mass is 16.1. The van der Waals surface area contributed by atoms with Crippen molar-refractivity contribution in [1.82, 2.24) is 0 Å². The molecule has 1 fully saturated rings. The average Bonchev–Trinajstić information content (AvgIpc) is 2.21. The third-order valence-electron chi connectivity index (χ3n) is 5.58. The fourth-order valence-corrected chi connectivity index (χ4v) is 3.78. The van der Waals surface area contributed by atoms with Gasteiger partial charge in [-0.05, 0) is 49.9 Å². The second kappa shape index (κ2) is 3.96. The lowest BCUT2D eigenvalue weighted by molar-refractivity contribution is -0.129. The Labute approximate surface area is 106 Å². The standard InChI is InChI=1S/C16H26O/c1-11-9-13-7-6-8-15(3,4)14(13)10-16(11,5)12(2)17/h9,11,14H,6-8,10H2,1-5H3/t11-,14+,16-/m1/s1. The summed E-state index contributed by atoms with van der Waals surface area (Å²) < 4.78 is 0. The van der Waals surface area contributed by atoms with E-state index in [1.54, 1.807) is 12.5 Å². The number of rotatable bonds is 1. The number of carbonyl (C=O) groups excluding carboxylic acids is 1. The minimum Gasteiger partial charge on any atom is -0.299 e. The zero-order valence-corrected chi connectivity index (χ0v) is 12.0. The van der Waals surface area contributed by atoms with Crippen LogP contribution in [0.2, 0.25) is 0 Å². The molecule has 0 unspecified atom stereocenters. The molecular weight excluding hydrogens is 208 g/mol. The van der Waals surface area contributed by atoms with Gasteiger partial charge in [0, 0.05) is 5.41 Å². The Morgan fingerprint density at radius 2 is 2.00 bits per heavy atom. The highest BCUT2D eigenvalue weighted by Crippen LogP contribution is 2.54. The molecule has 17 heavy (non-hydrogen) atoms. The largest absolute Gasteiger partial charge is 0.299 e. The van der Waals surface area contributed by atoms with Crippen molar-refractivity contribution in [2.75, 3.05) is 0 Å². The van der Waals surface area contributed by atoms with Crippen LogP contribution in [0.3, 0.4) is 0 Å². The van der Waals surface area contributed by atoms with Crippen LogP contribution in [0.1, 0.15) is 60.3 Å². The SMILES string of the molecule is CC(=O)[C@]1(C)C[C@H]2C(=C[C@H]1C)CCCC2(C)C. The number of ketones is 1. The molecule has 0 saturated heterocycles. The highest BCUT2D eigenvalue weighted by Gasteiger charge is 2.47. The van der Waals surface area contributed by atoms with Gasteiger partial charge in [0.05, 0.1) is 0 Å². The van der Waals surface area contributed by atoms with Gasteiger partial charge in [0.2, 0.25) is 0 Å². The molecule has 0 N–H and O–H groups in total. The number of hydrogen-bond donors (Lipinski definition) is 0. The van der Waals surface area contributed by atoms with Crippen LogP contribution in [0.15, 0.2) is 11.6 Å². The first kappa shape index (κ1) is 12.9. The van der Waals surface area contributed by atoms with Gasteiger partial charge in [-0.1, -0.05) is 39.3 Å². The van der Waals surface area contributed by atoms with E-state index in [9.17, 15) is 4.79 Å². The monoisotopic (exact) mass is 234 g/mol. The Bertz CT molecular complexity index is 364. The zero-order chi connectivity index (χ0) is 12.8. The molecule has 0 amide bonds. The second-order valence-corrected chi connectivity index (χ2v) is 7.10. The molecule has 0 aromatic heterocycles. The van der Waals surface area contributed by atoms with E-state index in [0.717, 1.165) is 6.42 Å². The lowest BCUT2D eigenvalue weighted by atomic mass is 9.55. The summed E-state index contributed by atoms with van der Waals surface area (Å²) in [4.78, 5) is 12.0. The fourth-order valence-electron chi connectivity index (χ4n) is 3.78. The van der Waals surface area contributed by atoms with E-state index < -0.39 is 0 Å². The molecule has 2 aliphatic carbocycles. The van der Waals surface area contributed by atoms with Crippen LogP contribution in [-0.2, 0) is 4.79 Å². The summed E-state index contributed by atoms with van der Waals surface area (Å²) in [5, 5.41) is 0. The topological polar surface area (TPSA) is 17.1 Å². The fraction of sp³-hybridized carbons (Fsp3) is 0.812. The first-order chi connectivity index (χ1) is 7.77. The lowest BCUT2D eigenvalue weighted by Gasteiger charge is -2.49. The van der Waals surface area contributed by atoms with Crippen molar-refractivity contribution in [2.45, 2.75) is 60.3 Å². The van der Waals surface area contributed by atoms with Gasteiger partial charge < -0.3 is 0 Å². The number of hydrogen-bond acceptors (Lipinski definition) is 1. The van der Waals surface area contributed by atoms with Gasteiger partial charge in [-0.2, -0.15) is 0 Å². The van der Waals surface area contributed by atoms with Gasteiger partial charge in [-0.3, -0.25) is 4.79 Å². The number of carbonyl (C=O) groups is 1. The van der Waals surface area contributed by atoms with E-state index in [2.05, 4.69) is 33.8 Å². The van der Waals surface area contributed by atoms with Crippen LogP contribution in [0, 0.1) is 22.7 Å². The average molecular weight is 234 g/mol. The van der Waals surface area contributed by atoms with E-state index in [-0.39, 0.29) is 5.41 Å². The summed E-state index contributed by atoms with van der Waals surface area (Å²) in [5.41, 5.74) is 1.87. The molecule has 0 radical (unpaired) electrons. The van der Waals surface area contributed by atoms with Crippen LogP contribution in [-0.4, -0.2) is 5.78 Å². The van der Waals surface area contributed by atoms with E-state index in [0.29, 0.717) is 23.0 Å². The van der Waals surface area contributed by atoms with Gasteiger partial charge in [0.15, 0.2) is 0 Å². The number of allylic oxidation sites excluding steroid dienone is 2. The summed E-state index contributed by atoms with van der Waals surface area (Å²) in [5.74, 6) is 1.39. The van der Waals surface area contributed by atoms with E-state index in [1.165, 1.54) is 19.3 Å². The Hall–Kier alpha value is -0.590. The van der Waals surface area contributed by atoms with Gasteiger partial charge in [-0.25, -0.2) is 0 Å². The zero-order valence-electron chi connectivity index (χ0n) is 12.0. The maximum absolute atomic E-state index is 12.0. The lowest BCUT2D eigenvalue weighted by Crippen LogP contribution is -2.43. The molecule has 0 bridgehead atoms. The Morgan fingerprint density at radius 1 is 1.35 bits per heavy atom. The minimum atomic E-state index is -0.136. The number of Topliss-reactive ketones (excluding diaryl/α,β-unsaturated/α-hetero) is 1. The van der Waals surface area contributed by atoms with Crippen LogP contribution in [0.25, 0.3) is 0 Å². The van der Waals surface area contributed by atoms with E-state index in [4.69, 9.17) is 0 Å². The molecule has 0 heterocycles. The molecule has 0 aromatic rings. The second-order valence-electron chi connectivity index (χ2n) is 7.10. The molecule has 1 heteroatoms. The van der Waals surface area contributed by atoms with Crippen molar-refractivity contribution >= 4 is 5.78 Å².